The number of hydrogen-bond acceptors (Lipinski definition) is 4. The Hall–Kier alpha value is -0.910. The third kappa shape index (κ3) is 2.04. The summed E-state index contributed by atoms with van der Waals surface area (Å²) in [7, 11) is 3.75. The summed E-state index contributed by atoms with van der Waals surface area (Å²) in [5.41, 5.74) is 2.35. The third-order valence-corrected chi connectivity index (χ3v) is 3.09. The van der Waals surface area contributed by atoms with Crippen molar-refractivity contribution in [2.75, 3.05) is 20.7 Å². The molecule has 0 radical (unpaired) electrons. The van der Waals surface area contributed by atoms with Crippen LogP contribution in [0.25, 0.3) is 10.2 Å². The zero-order valence-electron chi connectivity index (χ0n) is 8.99. The number of rotatable bonds is 0. The average molecular weight is 225 g/mol. The normalized spacial score (nSPS) is 14.5. The highest BCUT2D eigenvalue weighted by Crippen LogP contribution is 2.26. The van der Waals surface area contributed by atoms with Crippen molar-refractivity contribution in [1.29, 1.82) is 0 Å². The quantitative estimate of drug-likeness (QED) is 0.738. The smallest absolute Gasteiger partial charge is 0.103 e. The number of aromatic nitrogens is 2. The summed E-state index contributed by atoms with van der Waals surface area (Å²) in [5.74, 6) is 0. The maximum Gasteiger partial charge on any atom is 0.103 e. The first-order valence-corrected chi connectivity index (χ1v) is 5.84. The van der Waals surface area contributed by atoms with Crippen LogP contribution in [-0.4, -0.2) is 30.5 Å². The fourth-order valence-electron chi connectivity index (χ4n) is 1.55. The molecule has 0 bridgehead atoms. The van der Waals surface area contributed by atoms with Crippen molar-refractivity contribution in [3.63, 3.8) is 0 Å². The first-order valence-electron chi connectivity index (χ1n) is 4.96. The number of ether oxygens (including phenoxy) is 1. The third-order valence-electron chi connectivity index (χ3n) is 2.13. The second kappa shape index (κ2) is 4.74. The van der Waals surface area contributed by atoms with Gasteiger partial charge in [0.25, 0.3) is 0 Å². The molecule has 1 aliphatic heterocycles. The van der Waals surface area contributed by atoms with Crippen molar-refractivity contribution in [3.05, 3.63) is 17.1 Å². The fraction of sp³-hybridized carbons (Fsp3) is 0.500. The van der Waals surface area contributed by atoms with Gasteiger partial charge in [-0.15, -0.1) is 11.3 Å². The van der Waals surface area contributed by atoms with Crippen molar-refractivity contribution in [2.24, 2.45) is 0 Å². The van der Waals surface area contributed by atoms with Crippen molar-refractivity contribution in [3.8, 4) is 0 Å². The first kappa shape index (κ1) is 10.6. The number of hydrogen-bond donors (Lipinski definition) is 1. The van der Waals surface area contributed by atoms with Gasteiger partial charge in [0.1, 0.15) is 5.52 Å². The summed E-state index contributed by atoms with van der Waals surface area (Å²) in [6.07, 6.45) is 0. The van der Waals surface area contributed by atoms with Gasteiger partial charge in [-0.1, -0.05) is 0 Å². The minimum atomic E-state index is 0.719. The maximum absolute atomic E-state index is 5.38. The van der Waals surface area contributed by atoms with Crippen molar-refractivity contribution < 1.29 is 4.74 Å². The zero-order valence-corrected chi connectivity index (χ0v) is 9.80. The number of nitrogens with zero attached hydrogens (tertiary/aromatic N) is 2. The molecule has 0 fully saturated rings. The van der Waals surface area contributed by atoms with E-state index in [0.717, 1.165) is 25.3 Å². The maximum atomic E-state index is 5.38. The molecular formula is C10H15N3OS. The van der Waals surface area contributed by atoms with Crippen LogP contribution < -0.4 is 5.32 Å². The van der Waals surface area contributed by atoms with E-state index in [-0.39, 0.29) is 0 Å². The SMILES string of the molecule is CNC.c1cc2nn3c(c2s1)COCC3. The molecule has 0 aromatic carbocycles. The molecule has 0 saturated carbocycles. The molecule has 0 spiro atoms. The molecule has 3 rings (SSSR count). The van der Waals surface area contributed by atoms with Crippen LogP contribution in [-0.2, 0) is 17.9 Å². The predicted molar refractivity (Wildman–Crippen MR) is 62.2 cm³/mol. The largest absolute Gasteiger partial charge is 0.373 e. The lowest BCUT2D eigenvalue weighted by Crippen LogP contribution is -2.16. The first-order chi connectivity index (χ1) is 7.36. The van der Waals surface area contributed by atoms with Gasteiger partial charge in [0.05, 0.1) is 30.2 Å². The molecule has 2 aromatic heterocycles. The Balaban J connectivity index is 0.000000258. The summed E-state index contributed by atoms with van der Waals surface area (Å²) < 4.78 is 8.72. The topological polar surface area (TPSA) is 39.1 Å². The number of thiophene rings is 1. The molecule has 4 nitrogen and oxygen atoms in total. The van der Waals surface area contributed by atoms with Gasteiger partial charge in [0.2, 0.25) is 0 Å². The predicted octanol–water partition coefficient (Wildman–Crippen LogP) is 1.46. The van der Waals surface area contributed by atoms with Gasteiger partial charge in [-0.3, -0.25) is 4.68 Å². The van der Waals surface area contributed by atoms with Gasteiger partial charge < -0.3 is 10.1 Å². The van der Waals surface area contributed by atoms with Crippen LogP contribution in [0.2, 0.25) is 0 Å². The number of fused-ring (bicyclic) bond motifs is 3. The Kier molecular flexibility index (Phi) is 3.35. The van der Waals surface area contributed by atoms with Crippen LogP contribution in [0.1, 0.15) is 5.69 Å². The molecule has 3 heterocycles. The monoisotopic (exact) mass is 225 g/mol. The standard InChI is InChI=1S/C8H8N2OS.C2H7N/c1-4-12-8-6(1)9-10-2-3-11-5-7(8)10;1-3-2/h1,4H,2-3,5H2;3H,1-2H3. The Morgan fingerprint density at radius 2 is 2.33 bits per heavy atom. The lowest BCUT2D eigenvalue weighted by atomic mass is 10.4. The summed E-state index contributed by atoms with van der Waals surface area (Å²) in [6, 6.07) is 2.06. The summed E-state index contributed by atoms with van der Waals surface area (Å²) in [6.45, 7) is 2.41. The van der Waals surface area contributed by atoms with Crippen molar-refractivity contribution in [2.45, 2.75) is 13.2 Å². The molecule has 1 aliphatic rings. The van der Waals surface area contributed by atoms with Gasteiger partial charge in [-0.25, -0.2) is 0 Å². The van der Waals surface area contributed by atoms with E-state index in [0.29, 0.717) is 0 Å². The van der Waals surface area contributed by atoms with Crippen LogP contribution in [0.4, 0.5) is 0 Å². The van der Waals surface area contributed by atoms with E-state index in [1.165, 1.54) is 10.4 Å². The van der Waals surface area contributed by atoms with Crippen LogP contribution in [0, 0.1) is 0 Å². The Morgan fingerprint density at radius 3 is 3.13 bits per heavy atom. The zero-order chi connectivity index (χ0) is 10.7. The summed E-state index contributed by atoms with van der Waals surface area (Å²) in [4.78, 5) is 0. The second-order valence-electron chi connectivity index (χ2n) is 3.36. The average Bonchev–Trinajstić information content (AvgIpc) is 2.78. The molecule has 1 N–H and O–H groups in total. The Labute approximate surface area is 92.8 Å². The van der Waals surface area contributed by atoms with Gasteiger partial charge in [0, 0.05) is 0 Å². The van der Waals surface area contributed by atoms with E-state index in [1.807, 2.05) is 14.1 Å². The molecule has 0 amide bonds. The highest BCUT2D eigenvalue weighted by atomic mass is 32.1. The summed E-state index contributed by atoms with van der Waals surface area (Å²) >= 11 is 1.75. The molecule has 5 heteroatoms. The van der Waals surface area contributed by atoms with Crippen molar-refractivity contribution in [1.82, 2.24) is 15.1 Å². The number of nitrogens with one attached hydrogen (secondary N) is 1. The van der Waals surface area contributed by atoms with Gasteiger partial charge in [-0.05, 0) is 25.5 Å². The Bertz CT molecular complexity index is 435. The van der Waals surface area contributed by atoms with Crippen LogP contribution >= 0.6 is 11.3 Å². The van der Waals surface area contributed by atoms with E-state index in [4.69, 9.17) is 4.74 Å². The van der Waals surface area contributed by atoms with Crippen molar-refractivity contribution >= 4 is 21.6 Å². The lowest BCUT2D eigenvalue weighted by Gasteiger charge is -2.13. The van der Waals surface area contributed by atoms with E-state index in [1.54, 1.807) is 11.3 Å². The lowest BCUT2D eigenvalue weighted by molar-refractivity contribution is 0.0813. The molecule has 0 saturated heterocycles. The molecule has 2 aromatic rings. The molecular weight excluding hydrogens is 210 g/mol. The minimum Gasteiger partial charge on any atom is -0.373 e. The highest BCUT2D eigenvalue weighted by molar-refractivity contribution is 7.17. The molecule has 15 heavy (non-hydrogen) atoms. The van der Waals surface area contributed by atoms with E-state index >= 15 is 0 Å². The Morgan fingerprint density at radius 1 is 1.53 bits per heavy atom. The van der Waals surface area contributed by atoms with E-state index in [2.05, 4.69) is 26.5 Å². The van der Waals surface area contributed by atoms with Crippen LogP contribution in [0.5, 0.6) is 0 Å². The summed E-state index contributed by atoms with van der Waals surface area (Å²) in [5, 5.41) is 9.29. The van der Waals surface area contributed by atoms with E-state index < -0.39 is 0 Å². The van der Waals surface area contributed by atoms with Gasteiger partial charge in [-0.2, -0.15) is 5.10 Å². The van der Waals surface area contributed by atoms with Gasteiger partial charge >= 0.3 is 0 Å². The second-order valence-corrected chi connectivity index (χ2v) is 4.27. The molecule has 82 valence electrons. The fourth-order valence-corrected chi connectivity index (χ4v) is 2.41. The van der Waals surface area contributed by atoms with Crippen LogP contribution in [0.3, 0.4) is 0 Å². The van der Waals surface area contributed by atoms with Crippen LogP contribution in [0.15, 0.2) is 11.4 Å². The molecule has 0 unspecified atom stereocenters. The molecule has 0 atom stereocenters. The van der Waals surface area contributed by atoms with E-state index in [9.17, 15) is 0 Å². The highest BCUT2D eigenvalue weighted by Gasteiger charge is 2.15. The minimum absolute atomic E-state index is 0.719. The van der Waals surface area contributed by atoms with Gasteiger partial charge in [0.15, 0.2) is 0 Å². The molecule has 0 aliphatic carbocycles.